The van der Waals surface area contributed by atoms with E-state index >= 15 is 0 Å². The number of quaternary nitrogens is 1. The molecule has 10 aliphatic rings. The molecule has 0 saturated heterocycles. The largest absolute Gasteiger partial charge is 0.464 e. The van der Waals surface area contributed by atoms with Crippen molar-refractivity contribution in [3.8, 4) is 22.5 Å². The summed E-state index contributed by atoms with van der Waals surface area (Å²) in [7, 11) is 0. The first kappa shape index (κ1) is 71.7. The molecule has 4 amide bonds. The van der Waals surface area contributed by atoms with E-state index in [1.54, 1.807) is 9.36 Å². The lowest BCUT2D eigenvalue weighted by Crippen LogP contribution is -2.54. The maximum atomic E-state index is 13.8. The summed E-state index contributed by atoms with van der Waals surface area (Å²) in [5, 5.41) is 20.2. The molecular formula is C82H107N10O12+. The Morgan fingerprint density at radius 3 is 1.32 bits per heavy atom. The van der Waals surface area contributed by atoms with Crippen molar-refractivity contribution in [1.29, 1.82) is 0 Å². The summed E-state index contributed by atoms with van der Waals surface area (Å²) in [5.74, 6) is 4.34. The van der Waals surface area contributed by atoms with E-state index in [1.807, 2.05) is 12.4 Å². The first-order chi connectivity index (χ1) is 50.0. The minimum Gasteiger partial charge on any atom is -0.464 e. The second-order valence-corrected chi connectivity index (χ2v) is 34.4. The van der Waals surface area contributed by atoms with Gasteiger partial charge in [0.25, 0.3) is 23.6 Å². The Balaban J connectivity index is 0.509. The second-order valence-electron chi connectivity index (χ2n) is 34.4. The lowest BCUT2D eigenvalue weighted by molar-refractivity contribution is -0.369. The third-order valence-corrected chi connectivity index (χ3v) is 29.4. The van der Waals surface area contributed by atoms with Crippen LogP contribution in [0.1, 0.15) is 183 Å². The average Bonchev–Trinajstić information content (AvgIpc) is 1.39. The van der Waals surface area contributed by atoms with Crippen LogP contribution in [-0.2, 0) is 76.9 Å². The van der Waals surface area contributed by atoms with E-state index in [-0.39, 0.29) is 121 Å². The molecule has 0 spiro atoms. The Hall–Kier alpha value is -7.88. The van der Waals surface area contributed by atoms with Crippen LogP contribution >= 0.6 is 0 Å². The molecule has 5 aromatic rings. The molecule has 104 heavy (non-hydrogen) atoms. The number of hydrogen-bond acceptors (Lipinski definition) is 16. The van der Waals surface area contributed by atoms with Gasteiger partial charge in [-0.25, -0.2) is 9.36 Å². The van der Waals surface area contributed by atoms with E-state index in [0.717, 1.165) is 107 Å². The molecule has 8 unspecified atom stereocenters. The zero-order chi connectivity index (χ0) is 72.6. The molecule has 15 rings (SSSR count). The Morgan fingerprint density at radius 1 is 0.500 bits per heavy atom. The molecule has 8 fully saturated rings. The summed E-state index contributed by atoms with van der Waals surface area (Å²) < 4.78 is 29.0. The predicted molar refractivity (Wildman–Crippen MR) is 386 cm³/mol. The fourth-order valence-corrected chi connectivity index (χ4v) is 24.2. The molecule has 22 nitrogen and oxygen atoms in total. The molecule has 2 aromatic carbocycles. The number of ether oxygens (including phenoxy) is 4. The first-order valence-corrected chi connectivity index (χ1v) is 39.5. The van der Waals surface area contributed by atoms with Gasteiger partial charge in [0.15, 0.2) is 0 Å². The number of fused-ring (bicyclic) bond motifs is 13. The number of imide groups is 2. The van der Waals surface area contributed by atoms with Gasteiger partial charge in [-0.1, -0.05) is 76.2 Å². The topological polar surface area (TPSA) is 274 Å². The lowest BCUT2D eigenvalue weighted by atomic mass is 9.44. The highest BCUT2D eigenvalue weighted by Crippen LogP contribution is 2.70. The fraction of sp³-hybridized carbons (Fsp3) is 0.659. The van der Waals surface area contributed by atoms with Crippen molar-refractivity contribution in [2.45, 2.75) is 215 Å². The molecule has 8 saturated carbocycles. The molecule has 8 aliphatic carbocycles. The van der Waals surface area contributed by atoms with E-state index in [9.17, 15) is 38.4 Å². The van der Waals surface area contributed by atoms with Crippen molar-refractivity contribution in [2.75, 3.05) is 32.8 Å². The third kappa shape index (κ3) is 13.4. The van der Waals surface area contributed by atoms with E-state index in [1.165, 1.54) is 88.5 Å². The van der Waals surface area contributed by atoms with Gasteiger partial charge >= 0.3 is 23.9 Å². The number of esters is 4. The lowest BCUT2D eigenvalue weighted by Gasteiger charge is -2.61. The Morgan fingerprint density at radius 2 is 0.904 bits per heavy atom. The van der Waals surface area contributed by atoms with Crippen LogP contribution in [0.25, 0.3) is 44.3 Å². The molecule has 3 N–H and O–H groups in total. The molecule has 3 aromatic heterocycles. The van der Waals surface area contributed by atoms with Gasteiger partial charge in [0.2, 0.25) is 0 Å². The number of benzene rings is 2. The molecule has 0 radical (unpaired) electrons. The maximum Gasteiger partial charge on any atom is 0.328 e. The van der Waals surface area contributed by atoms with Crippen LogP contribution in [0, 0.1) is 92.7 Å². The molecule has 18 atom stereocenters. The van der Waals surface area contributed by atoms with E-state index in [4.69, 9.17) is 18.9 Å². The summed E-state index contributed by atoms with van der Waals surface area (Å²) in [4.78, 5) is 103. The highest BCUT2D eigenvalue weighted by Gasteiger charge is 2.63. The van der Waals surface area contributed by atoms with Gasteiger partial charge in [-0.3, -0.25) is 48.2 Å². The van der Waals surface area contributed by atoms with Gasteiger partial charge in [0.05, 0.1) is 38.6 Å². The predicted octanol–water partition coefficient (Wildman–Crippen LogP) is 11.5. The minimum atomic E-state index is -0.368. The first-order valence-electron chi connectivity index (χ1n) is 39.5. The number of nitrogens with zero attached hydrogens (tertiary/aromatic N) is 9. The number of aromatic nitrogens is 7. The Bertz CT molecular complexity index is 3930. The average molecular weight is 1420 g/mol. The normalized spacial score (nSPS) is 33.3. The minimum absolute atomic E-state index is 0.0190. The van der Waals surface area contributed by atoms with Crippen LogP contribution in [0.3, 0.4) is 0 Å². The summed E-state index contributed by atoms with van der Waals surface area (Å²) in [5.41, 5.74) is 10.3. The second kappa shape index (κ2) is 28.8. The SMILES string of the molecule is C[C@H](CCC(=O)OCCN1C(=O)C=CC1=O)C1CC[C@H]2[C@@H]3CC[C@@H]4C[C@H](OC(=O)Cn5cc(-c6ccc7c8ccc(-c9cn(CC(=O)O[C@@H]%10CCC%11(C)C%12CCC%13(C)C([C@H](C)CCC(=O)OCCN%14C(=O)C=CC%14=O)CC[C@H]%13[C@@H]%12CC[C@H]%11C%10)nn9)cc8n(CC[NH3+])c7c6)nn5)CCC4(C)C3CCC12C. The zero-order valence-corrected chi connectivity index (χ0v) is 61.9. The van der Waals surface area contributed by atoms with Crippen molar-refractivity contribution in [3.05, 3.63) is 73.1 Å². The number of amides is 4. The molecule has 2 aliphatic heterocycles. The zero-order valence-electron chi connectivity index (χ0n) is 61.9. The third-order valence-electron chi connectivity index (χ3n) is 29.4. The number of rotatable bonds is 24. The van der Waals surface area contributed by atoms with Crippen molar-refractivity contribution >= 4 is 69.3 Å². The van der Waals surface area contributed by atoms with Gasteiger partial charge in [-0.05, 0) is 233 Å². The van der Waals surface area contributed by atoms with Gasteiger partial charge in [0.1, 0.15) is 49.9 Å². The van der Waals surface area contributed by atoms with Gasteiger partial charge in [0, 0.05) is 70.1 Å². The summed E-state index contributed by atoms with van der Waals surface area (Å²) >= 11 is 0. The van der Waals surface area contributed by atoms with Crippen molar-refractivity contribution in [3.63, 3.8) is 0 Å². The van der Waals surface area contributed by atoms with Crippen LogP contribution in [-0.4, -0.2) is 137 Å². The molecule has 5 heterocycles. The molecular weight excluding hydrogens is 1320 g/mol. The van der Waals surface area contributed by atoms with Crippen LogP contribution in [0.4, 0.5) is 0 Å². The highest BCUT2D eigenvalue weighted by molar-refractivity contribution is 6.13. The Kier molecular flexibility index (Phi) is 19.8. The molecule has 556 valence electrons. The fourth-order valence-electron chi connectivity index (χ4n) is 24.2. The van der Waals surface area contributed by atoms with Crippen LogP contribution in [0.5, 0.6) is 0 Å². The number of hydrogen-bond donors (Lipinski definition) is 1. The van der Waals surface area contributed by atoms with Gasteiger partial charge < -0.3 is 29.2 Å². The van der Waals surface area contributed by atoms with E-state index in [0.29, 0.717) is 108 Å². The highest BCUT2D eigenvalue weighted by atomic mass is 16.6. The van der Waals surface area contributed by atoms with Crippen LogP contribution < -0.4 is 5.73 Å². The molecule has 0 bridgehead atoms. The van der Waals surface area contributed by atoms with Crippen molar-refractivity contribution < 1.29 is 63.0 Å². The van der Waals surface area contributed by atoms with Crippen molar-refractivity contribution in [2.24, 2.45) is 92.7 Å². The quantitative estimate of drug-likeness (QED) is 0.0341. The van der Waals surface area contributed by atoms with E-state index in [2.05, 4.69) is 109 Å². The summed E-state index contributed by atoms with van der Waals surface area (Å²) in [6, 6.07) is 12.6. The summed E-state index contributed by atoms with van der Waals surface area (Å²) in [6.45, 7) is 16.3. The number of carbonyl (C=O) groups is 8. The summed E-state index contributed by atoms with van der Waals surface area (Å²) in [6.07, 6.45) is 30.7. The van der Waals surface area contributed by atoms with Crippen LogP contribution in [0.15, 0.2) is 73.1 Å². The maximum absolute atomic E-state index is 13.8. The monoisotopic (exact) mass is 1420 g/mol. The van der Waals surface area contributed by atoms with Crippen molar-refractivity contribution in [1.82, 2.24) is 44.4 Å². The smallest absolute Gasteiger partial charge is 0.328 e. The standard InChI is InChI=1S/C82H106N10O12/c1-49(7-25-75(97)101-39-37-91-71(93)21-22-72(91)94)61-17-19-63-59-15-11-53-43-55(27-31-79(53,3)65(59)29-33-81(61,63)5)103-77(99)47-88-45-67(84-86-88)51-9-13-57-58-14-10-52(42-70(58)90(36-35-83)69(57)41-51)68-46-89(87-85-68)48-78(100)104-56-28-32-80(4)54(44-56)12-16-60-64-20-18-62(82(64,6)34-30-66(60)80)50(2)8-26-76(98)102-40-38-92-73(95)23-24-74(92)96/h9-10,13-14,21-24,41-42,45-46,49-50,53-56,59-66H,7-8,11-12,15-20,25-40,43-44,47-48,83H2,1-6H3/p+1/t49-,50-,53-,54+,55-,56-,59+,60+,61?,62?,63+,64+,65?,66?,79?,80?,81?,82?/m1/s1. The molecule has 22 heteroatoms. The van der Waals surface area contributed by atoms with Gasteiger partial charge in [-0.15, -0.1) is 10.2 Å². The van der Waals surface area contributed by atoms with Gasteiger partial charge in [-0.2, -0.15) is 0 Å². The Labute approximate surface area is 609 Å². The van der Waals surface area contributed by atoms with E-state index < -0.39 is 0 Å². The number of carbonyl (C=O) groups excluding carboxylic acids is 8. The van der Waals surface area contributed by atoms with Crippen LogP contribution in [0.2, 0.25) is 0 Å².